The molecule has 0 spiro atoms. The predicted octanol–water partition coefficient (Wildman–Crippen LogP) is 12.6. The number of amidine groups is 2. The number of nitrogens with one attached hydrogen (secondary N) is 1. The van der Waals surface area contributed by atoms with Crippen molar-refractivity contribution in [2.24, 2.45) is 9.98 Å². The van der Waals surface area contributed by atoms with E-state index in [0.717, 1.165) is 28.4 Å². The molecule has 0 fully saturated rings. The Morgan fingerprint density at radius 3 is 1.68 bits per heavy atom. The molecule has 264 valence electrons. The van der Waals surface area contributed by atoms with Crippen molar-refractivity contribution in [1.82, 2.24) is 5.32 Å². The standard InChI is InChI=1S/C52H35N3S/c1-5-15-34(16-6-1)49-53-50(35-17-7-2-8-18-35)55-51(54-49)38-27-30-44-43-29-26-37(32-47(43)56-48(44)33-38)36-25-28-42-41-23-13-14-24-45(41)52(46(42)31-36,39-19-9-3-10-20-39)40-21-11-4-12-22-40/h1-33,49H,(H,53,54,55). The van der Waals surface area contributed by atoms with Gasteiger partial charge >= 0.3 is 0 Å². The number of hydrogen-bond acceptors (Lipinski definition) is 4. The Morgan fingerprint density at radius 2 is 0.982 bits per heavy atom. The summed E-state index contributed by atoms with van der Waals surface area (Å²) in [5, 5.41) is 6.09. The fourth-order valence-electron chi connectivity index (χ4n) is 8.85. The monoisotopic (exact) mass is 733 g/mol. The van der Waals surface area contributed by atoms with Gasteiger partial charge in [0, 0.05) is 31.3 Å². The molecule has 0 saturated heterocycles. The number of fused-ring (bicyclic) bond motifs is 6. The summed E-state index contributed by atoms with van der Waals surface area (Å²) in [5.74, 6) is 1.56. The van der Waals surface area contributed by atoms with E-state index in [9.17, 15) is 0 Å². The minimum absolute atomic E-state index is 0.234. The summed E-state index contributed by atoms with van der Waals surface area (Å²) >= 11 is 1.83. The lowest BCUT2D eigenvalue weighted by Crippen LogP contribution is -2.33. The molecular formula is C52H35N3S. The van der Waals surface area contributed by atoms with Gasteiger partial charge in [0.25, 0.3) is 0 Å². The molecule has 1 unspecified atom stereocenters. The molecule has 0 bridgehead atoms. The van der Waals surface area contributed by atoms with Crippen molar-refractivity contribution < 1.29 is 0 Å². The van der Waals surface area contributed by atoms with E-state index < -0.39 is 5.41 Å². The first-order chi connectivity index (χ1) is 27.7. The first kappa shape index (κ1) is 32.5. The number of nitrogens with zero attached hydrogens (tertiary/aromatic N) is 2. The third kappa shape index (κ3) is 5.18. The summed E-state index contributed by atoms with van der Waals surface area (Å²) in [4.78, 5) is 10.2. The van der Waals surface area contributed by atoms with E-state index in [1.165, 1.54) is 64.7 Å². The van der Waals surface area contributed by atoms with E-state index in [1.54, 1.807) is 0 Å². The lowest BCUT2D eigenvalue weighted by molar-refractivity contribution is 0.674. The summed E-state index contributed by atoms with van der Waals surface area (Å²) in [7, 11) is 0. The van der Waals surface area contributed by atoms with Crippen molar-refractivity contribution in [3.8, 4) is 22.3 Å². The molecule has 0 amide bonds. The molecular weight excluding hydrogens is 699 g/mol. The average molecular weight is 734 g/mol. The van der Waals surface area contributed by atoms with E-state index >= 15 is 0 Å². The summed E-state index contributed by atoms with van der Waals surface area (Å²) in [6.45, 7) is 0. The van der Waals surface area contributed by atoms with Crippen molar-refractivity contribution >= 4 is 43.2 Å². The van der Waals surface area contributed by atoms with Crippen molar-refractivity contribution in [2.75, 3.05) is 0 Å². The number of thiophene rings is 1. The van der Waals surface area contributed by atoms with Gasteiger partial charge < -0.3 is 5.32 Å². The Balaban J connectivity index is 1.02. The number of hydrogen-bond donors (Lipinski definition) is 1. The highest BCUT2D eigenvalue weighted by Gasteiger charge is 2.46. The van der Waals surface area contributed by atoms with E-state index in [-0.39, 0.29) is 6.17 Å². The van der Waals surface area contributed by atoms with Crippen LogP contribution >= 0.6 is 11.3 Å². The summed E-state index contributed by atoms with van der Waals surface area (Å²) in [6, 6.07) is 72.4. The Bertz CT molecular complexity index is 2940. The van der Waals surface area contributed by atoms with Gasteiger partial charge in [-0.3, -0.25) is 0 Å². The SMILES string of the molecule is c1ccc(C2=NC(c3ccc4c(c3)sc3cc(-c5ccc6c(c5)C(c5ccccc5)(c5ccccc5)c5ccccc5-6)ccc34)=NC(c3ccccc3)N2)cc1. The molecule has 3 nitrogen and oxygen atoms in total. The van der Waals surface area contributed by atoms with Gasteiger partial charge in [-0.15, -0.1) is 11.3 Å². The molecule has 11 rings (SSSR count). The van der Waals surface area contributed by atoms with Gasteiger partial charge in [-0.2, -0.15) is 0 Å². The van der Waals surface area contributed by atoms with E-state index in [2.05, 4.69) is 181 Å². The van der Waals surface area contributed by atoms with Gasteiger partial charge in [-0.1, -0.05) is 182 Å². The molecule has 4 heteroatoms. The van der Waals surface area contributed by atoms with Crippen LogP contribution in [0.5, 0.6) is 0 Å². The van der Waals surface area contributed by atoms with Crippen LogP contribution in [0.15, 0.2) is 210 Å². The molecule has 1 aliphatic carbocycles. The van der Waals surface area contributed by atoms with Crippen LogP contribution in [-0.4, -0.2) is 11.7 Å². The Kier molecular flexibility index (Phi) is 7.64. The van der Waals surface area contributed by atoms with Crippen molar-refractivity contribution in [2.45, 2.75) is 11.6 Å². The van der Waals surface area contributed by atoms with Crippen LogP contribution in [0.1, 0.15) is 45.1 Å². The molecule has 1 atom stereocenters. The van der Waals surface area contributed by atoms with Crippen LogP contribution in [0.2, 0.25) is 0 Å². The Morgan fingerprint density at radius 1 is 0.446 bits per heavy atom. The van der Waals surface area contributed by atoms with Gasteiger partial charge in [-0.05, 0) is 68.3 Å². The molecule has 1 aliphatic heterocycles. The largest absolute Gasteiger partial charge is 0.344 e. The number of benzene rings is 8. The molecule has 2 heterocycles. The van der Waals surface area contributed by atoms with Gasteiger partial charge in [0.15, 0.2) is 5.84 Å². The Labute approximate surface area is 330 Å². The molecule has 9 aromatic rings. The second kappa shape index (κ2) is 13.2. The second-order valence-corrected chi connectivity index (χ2v) is 15.6. The first-order valence-corrected chi connectivity index (χ1v) is 19.9. The van der Waals surface area contributed by atoms with Crippen LogP contribution in [0.25, 0.3) is 42.4 Å². The minimum Gasteiger partial charge on any atom is -0.344 e. The normalized spacial score (nSPS) is 15.5. The zero-order chi connectivity index (χ0) is 37.1. The number of rotatable bonds is 6. The van der Waals surface area contributed by atoms with Gasteiger partial charge in [0.1, 0.15) is 12.0 Å². The van der Waals surface area contributed by atoms with Crippen LogP contribution in [0.3, 0.4) is 0 Å². The third-order valence-corrected chi connectivity index (χ3v) is 12.5. The van der Waals surface area contributed by atoms with Crippen LogP contribution in [-0.2, 0) is 5.41 Å². The second-order valence-electron chi connectivity index (χ2n) is 14.5. The maximum Gasteiger partial charge on any atom is 0.159 e. The molecule has 0 saturated carbocycles. The maximum atomic E-state index is 5.13. The lowest BCUT2D eigenvalue weighted by Gasteiger charge is -2.34. The molecule has 1 aromatic heterocycles. The van der Waals surface area contributed by atoms with Crippen molar-refractivity contribution in [1.29, 1.82) is 0 Å². The van der Waals surface area contributed by atoms with Crippen molar-refractivity contribution in [3.05, 3.63) is 239 Å². The van der Waals surface area contributed by atoms with Crippen LogP contribution in [0, 0.1) is 0 Å². The molecule has 0 radical (unpaired) electrons. The van der Waals surface area contributed by atoms with Crippen molar-refractivity contribution in [3.63, 3.8) is 0 Å². The van der Waals surface area contributed by atoms with Gasteiger partial charge in [0.05, 0.1) is 5.41 Å². The third-order valence-electron chi connectivity index (χ3n) is 11.4. The smallest absolute Gasteiger partial charge is 0.159 e. The fraction of sp³-hybridized carbons (Fsp3) is 0.0385. The maximum absolute atomic E-state index is 5.13. The summed E-state index contributed by atoms with van der Waals surface area (Å²) in [6.07, 6.45) is -0.234. The average Bonchev–Trinajstić information content (AvgIpc) is 3.80. The van der Waals surface area contributed by atoms with E-state index in [0.29, 0.717) is 0 Å². The summed E-state index contributed by atoms with van der Waals surface area (Å²) < 4.78 is 2.49. The zero-order valence-electron chi connectivity index (χ0n) is 30.4. The molecule has 56 heavy (non-hydrogen) atoms. The predicted molar refractivity (Wildman–Crippen MR) is 234 cm³/mol. The molecule has 2 aliphatic rings. The zero-order valence-corrected chi connectivity index (χ0v) is 31.2. The Hall–Kier alpha value is -6.88. The summed E-state index contributed by atoms with van der Waals surface area (Å²) in [5.41, 5.74) is 12.9. The lowest BCUT2D eigenvalue weighted by atomic mass is 9.67. The topological polar surface area (TPSA) is 36.8 Å². The highest BCUT2D eigenvalue weighted by molar-refractivity contribution is 7.25. The minimum atomic E-state index is -0.428. The van der Waals surface area contributed by atoms with Crippen LogP contribution < -0.4 is 5.32 Å². The van der Waals surface area contributed by atoms with E-state index in [1.807, 2.05) is 35.6 Å². The highest BCUT2D eigenvalue weighted by atomic mass is 32.1. The van der Waals surface area contributed by atoms with E-state index in [4.69, 9.17) is 9.98 Å². The van der Waals surface area contributed by atoms with Crippen LogP contribution in [0.4, 0.5) is 0 Å². The number of aliphatic imine (C=N–C) groups is 2. The molecule has 1 N–H and O–H groups in total. The first-order valence-electron chi connectivity index (χ1n) is 19.1. The quantitative estimate of drug-likeness (QED) is 0.181. The van der Waals surface area contributed by atoms with Gasteiger partial charge in [0.2, 0.25) is 0 Å². The van der Waals surface area contributed by atoms with Gasteiger partial charge in [-0.25, -0.2) is 9.98 Å². The molecule has 8 aromatic carbocycles. The highest BCUT2D eigenvalue weighted by Crippen LogP contribution is 2.56. The fourth-order valence-corrected chi connectivity index (χ4v) is 10.0.